The van der Waals surface area contributed by atoms with Gasteiger partial charge in [-0.3, -0.25) is 9.36 Å². The summed E-state index contributed by atoms with van der Waals surface area (Å²) in [5.74, 6) is 2.66. The number of thiophene rings is 1. The molecule has 0 spiro atoms. The summed E-state index contributed by atoms with van der Waals surface area (Å²) in [4.78, 5) is 14.1. The van der Waals surface area contributed by atoms with Crippen molar-refractivity contribution in [1.82, 2.24) is 14.8 Å². The predicted molar refractivity (Wildman–Crippen MR) is 132 cm³/mol. The third kappa shape index (κ3) is 4.59. The molecule has 10 heteroatoms. The van der Waals surface area contributed by atoms with Crippen LogP contribution in [0.5, 0.6) is 23.0 Å². The van der Waals surface area contributed by atoms with Gasteiger partial charge in [0.1, 0.15) is 5.75 Å². The van der Waals surface area contributed by atoms with Crippen LogP contribution in [0.2, 0.25) is 0 Å². The SMILES string of the molecule is COc1ccccc1-n1c(SCC(=O)c2cc(OC)c(OC)c(OC)c2)nnc1-c1cccs1. The molecule has 2 heterocycles. The quantitative estimate of drug-likeness (QED) is 0.223. The summed E-state index contributed by atoms with van der Waals surface area (Å²) in [6.07, 6.45) is 0. The zero-order valence-corrected chi connectivity index (χ0v) is 20.7. The van der Waals surface area contributed by atoms with Crippen LogP contribution < -0.4 is 18.9 Å². The zero-order chi connectivity index (χ0) is 24.1. The topological polar surface area (TPSA) is 84.7 Å². The molecule has 2 aromatic heterocycles. The molecule has 0 radical (unpaired) electrons. The number of aromatic nitrogens is 3. The number of hydrogen-bond acceptors (Lipinski definition) is 9. The van der Waals surface area contributed by atoms with E-state index in [4.69, 9.17) is 18.9 Å². The van der Waals surface area contributed by atoms with Crippen molar-refractivity contribution < 1.29 is 23.7 Å². The molecule has 0 aliphatic heterocycles. The second kappa shape index (κ2) is 10.6. The maximum Gasteiger partial charge on any atom is 0.203 e. The Morgan fingerprint density at radius 3 is 2.24 bits per heavy atom. The summed E-state index contributed by atoms with van der Waals surface area (Å²) >= 11 is 2.86. The molecule has 0 N–H and O–H groups in total. The monoisotopic (exact) mass is 497 g/mol. The molecule has 34 heavy (non-hydrogen) atoms. The van der Waals surface area contributed by atoms with Crippen LogP contribution in [0, 0.1) is 0 Å². The lowest BCUT2D eigenvalue weighted by Crippen LogP contribution is -2.07. The number of rotatable bonds is 10. The highest BCUT2D eigenvalue weighted by Crippen LogP contribution is 2.39. The van der Waals surface area contributed by atoms with Crippen LogP contribution in [-0.2, 0) is 0 Å². The summed E-state index contributed by atoms with van der Waals surface area (Å²) in [7, 11) is 6.17. The first-order valence-electron chi connectivity index (χ1n) is 10.2. The number of methoxy groups -OCH3 is 4. The number of para-hydroxylation sites is 2. The van der Waals surface area contributed by atoms with E-state index in [9.17, 15) is 4.79 Å². The van der Waals surface area contributed by atoms with E-state index in [1.165, 1.54) is 33.1 Å². The number of thioether (sulfide) groups is 1. The van der Waals surface area contributed by atoms with Gasteiger partial charge in [-0.25, -0.2) is 0 Å². The molecular formula is C24H23N3O5S2. The Balaban J connectivity index is 1.67. The Bertz CT molecular complexity index is 1260. The van der Waals surface area contributed by atoms with Crippen LogP contribution in [0.15, 0.2) is 59.1 Å². The smallest absolute Gasteiger partial charge is 0.203 e. The number of ketones is 1. The van der Waals surface area contributed by atoms with E-state index in [-0.39, 0.29) is 11.5 Å². The lowest BCUT2D eigenvalue weighted by atomic mass is 10.1. The van der Waals surface area contributed by atoms with Crippen molar-refractivity contribution in [1.29, 1.82) is 0 Å². The van der Waals surface area contributed by atoms with E-state index in [0.29, 0.717) is 39.5 Å². The van der Waals surface area contributed by atoms with Crippen LogP contribution >= 0.6 is 23.1 Å². The third-order valence-corrected chi connectivity index (χ3v) is 6.81. The van der Waals surface area contributed by atoms with E-state index in [1.807, 2.05) is 46.3 Å². The molecule has 0 fully saturated rings. The maximum absolute atomic E-state index is 13.1. The van der Waals surface area contributed by atoms with Crippen LogP contribution in [0.25, 0.3) is 16.4 Å². The second-order valence-electron chi connectivity index (χ2n) is 6.92. The number of ether oxygens (including phenoxy) is 4. The van der Waals surface area contributed by atoms with Gasteiger partial charge in [0.05, 0.1) is 44.8 Å². The number of Topliss-reactive ketones (excluding diaryl/α,β-unsaturated/α-hetero) is 1. The zero-order valence-electron chi connectivity index (χ0n) is 19.1. The normalized spacial score (nSPS) is 10.7. The fourth-order valence-electron chi connectivity index (χ4n) is 3.42. The lowest BCUT2D eigenvalue weighted by molar-refractivity contribution is 0.102. The van der Waals surface area contributed by atoms with Gasteiger partial charge >= 0.3 is 0 Å². The van der Waals surface area contributed by atoms with Gasteiger partial charge in [-0.1, -0.05) is 30.0 Å². The molecule has 2 aromatic carbocycles. The van der Waals surface area contributed by atoms with Crippen molar-refractivity contribution in [3.63, 3.8) is 0 Å². The average Bonchev–Trinajstić information content (AvgIpc) is 3.56. The van der Waals surface area contributed by atoms with Gasteiger partial charge in [0, 0.05) is 5.56 Å². The van der Waals surface area contributed by atoms with E-state index in [0.717, 1.165) is 10.6 Å². The van der Waals surface area contributed by atoms with Gasteiger partial charge in [0.2, 0.25) is 5.75 Å². The second-order valence-corrected chi connectivity index (χ2v) is 8.81. The molecule has 0 unspecified atom stereocenters. The summed E-state index contributed by atoms with van der Waals surface area (Å²) in [6.45, 7) is 0. The standard InChI is InChI=1S/C24H23N3O5S2/c1-29-18-9-6-5-8-16(18)27-23(21-10-7-11-33-21)25-26-24(27)34-14-17(28)15-12-19(30-2)22(32-4)20(13-15)31-3/h5-13H,14H2,1-4H3. The highest BCUT2D eigenvalue weighted by Gasteiger charge is 2.22. The van der Waals surface area contributed by atoms with Gasteiger partial charge in [-0.15, -0.1) is 21.5 Å². The van der Waals surface area contributed by atoms with Crippen molar-refractivity contribution in [2.75, 3.05) is 34.2 Å². The van der Waals surface area contributed by atoms with E-state index in [2.05, 4.69) is 10.2 Å². The number of carbonyl (C=O) groups is 1. The van der Waals surface area contributed by atoms with Crippen molar-refractivity contribution >= 4 is 28.9 Å². The molecular weight excluding hydrogens is 474 g/mol. The largest absolute Gasteiger partial charge is 0.495 e. The average molecular weight is 498 g/mol. The van der Waals surface area contributed by atoms with Gasteiger partial charge in [-0.05, 0) is 35.7 Å². The number of carbonyl (C=O) groups excluding carboxylic acids is 1. The summed E-state index contributed by atoms with van der Waals surface area (Å²) in [6, 6.07) is 14.9. The van der Waals surface area contributed by atoms with Crippen LogP contribution in [0.3, 0.4) is 0 Å². The number of hydrogen-bond donors (Lipinski definition) is 0. The molecule has 4 aromatic rings. The fourth-order valence-corrected chi connectivity index (χ4v) is 4.95. The van der Waals surface area contributed by atoms with Crippen molar-refractivity contribution in [3.8, 4) is 39.4 Å². The highest BCUT2D eigenvalue weighted by molar-refractivity contribution is 7.99. The van der Waals surface area contributed by atoms with Gasteiger partial charge in [0.25, 0.3) is 0 Å². The minimum absolute atomic E-state index is 0.114. The van der Waals surface area contributed by atoms with E-state index >= 15 is 0 Å². The third-order valence-electron chi connectivity index (χ3n) is 5.02. The Labute approximate surface area is 205 Å². The first kappa shape index (κ1) is 23.7. The Morgan fingerprint density at radius 1 is 0.912 bits per heavy atom. The molecule has 0 saturated heterocycles. The molecule has 0 aliphatic carbocycles. The first-order chi connectivity index (χ1) is 16.6. The molecule has 4 rings (SSSR count). The lowest BCUT2D eigenvalue weighted by Gasteiger charge is -2.14. The Morgan fingerprint density at radius 2 is 1.62 bits per heavy atom. The first-order valence-corrected chi connectivity index (χ1v) is 12.1. The summed E-state index contributed by atoms with van der Waals surface area (Å²) < 4.78 is 23.6. The van der Waals surface area contributed by atoms with Crippen LogP contribution in [0.1, 0.15) is 10.4 Å². The Kier molecular flexibility index (Phi) is 7.39. The van der Waals surface area contributed by atoms with Gasteiger partial charge in [0.15, 0.2) is 28.3 Å². The van der Waals surface area contributed by atoms with E-state index < -0.39 is 0 Å². The molecule has 0 bridgehead atoms. The fraction of sp³-hybridized carbons (Fsp3) is 0.208. The molecule has 8 nitrogen and oxygen atoms in total. The number of nitrogens with zero attached hydrogens (tertiary/aromatic N) is 3. The van der Waals surface area contributed by atoms with Gasteiger partial charge in [-0.2, -0.15) is 0 Å². The summed E-state index contributed by atoms with van der Waals surface area (Å²) in [5, 5.41) is 11.4. The molecule has 0 saturated carbocycles. The molecule has 176 valence electrons. The van der Waals surface area contributed by atoms with Crippen molar-refractivity contribution in [3.05, 3.63) is 59.5 Å². The highest BCUT2D eigenvalue weighted by atomic mass is 32.2. The molecule has 0 aliphatic rings. The minimum atomic E-state index is -0.114. The summed E-state index contributed by atoms with van der Waals surface area (Å²) in [5.41, 5.74) is 1.24. The van der Waals surface area contributed by atoms with Crippen LogP contribution in [-0.4, -0.2) is 54.7 Å². The van der Waals surface area contributed by atoms with E-state index in [1.54, 1.807) is 30.6 Å². The molecule has 0 amide bonds. The molecule has 0 atom stereocenters. The van der Waals surface area contributed by atoms with Gasteiger partial charge < -0.3 is 18.9 Å². The number of benzene rings is 2. The van der Waals surface area contributed by atoms with Crippen molar-refractivity contribution in [2.24, 2.45) is 0 Å². The van der Waals surface area contributed by atoms with Crippen LogP contribution in [0.4, 0.5) is 0 Å². The van der Waals surface area contributed by atoms with Crippen molar-refractivity contribution in [2.45, 2.75) is 5.16 Å². The maximum atomic E-state index is 13.1. The predicted octanol–water partition coefficient (Wildman–Crippen LogP) is 5.01. The Hall–Kier alpha value is -3.50. The minimum Gasteiger partial charge on any atom is -0.495 e.